The summed E-state index contributed by atoms with van der Waals surface area (Å²) in [5.41, 5.74) is 0.449. The van der Waals surface area contributed by atoms with Crippen LogP contribution < -0.4 is 0 Å². The highest BCUT2D eigenvalue weighted by Gasteiger charge is 2.41. The molecule has 0 saturated carbocycles. The number of hydrogen-bond donors (Lipinski definition) is 0. The van der Waals surface area contributed by atoms with Crippen LogP contribution in [0, 0.1) is 5.41 Å². The topological polar surface area (TPSA) is 29.5 Å². The van der Waals surface area contributed by atoms with Gasteiger partial charge in [0.1, 0.15) is 0 Å². The lowest BCUT2D eigenvalue weighted by atomic mass is 9.77. The molecule has 0 N–H and O–H groups in total. The molecule has 0 unspecified atom stereocenters. The van der Waals surface area contributed by atoms with Crippen molar-refractivity contribution >= 4 is 5.91 Å². The van der Waals surface area contributed by atoms with E-state index in [0.717, 1.165) is 39.1 Å². The Hall–Kier alpha value is -0.570. The maximum atomic E-state index is 11.4. The van der Waals surface area contributed by atoms with E-state index in [1.807, 2.05) is 25.7 Å². The van der Waals surface area contributed by atoms with E-state index in [1.165, 1.54) is 0 Å². The zero-order chi connectivity index (χ0) is 11.3. The number of amides is 1. The van der Waals surface area contributed by atoms with E-state index in [0.29, 0.717) is 17.7 Å². The second-order valence-electron chi connectivity index (χ2n) is 4.23. The van der Waals surface area contributed by atoms with Gasteiger partial charge in [-0.2, -0.15) is 0 Å². The van der Waals surface area contributed by atoms with E-state index in [-0.39, 0.29) is 0 Å². The van der Waals surface area contributed by atoms with Crippen LogP contribution >= 0.6 is 0 Å². The fourth-order valence-electron chi connectivity index (χ4n) is 2.13. The van der Waals surface area contributed by atoms with Gasteiger partial charge in [0.05, 0.1) is 13.2 Å². The second kappa shape index (κ2) is 5.50. The minimum Gasteiger partial charge on any atom is -0.380 e. The first-order valence-corrected chi connectivity index (χ1v) is 6.11. The summed E-state index contributed by atoms with van der Waals surface area (Å²) in [6, 6.07) is 0. The van der Waals surface area contributed by atoms with Crippen molar-refractivity contribution in [3.63, 3.8) is 0 Å². The number of carbonyl (C=O) groups excluding carboxylic acids is 1. The number of ether oxygens (including phenoxy) is 1. The fraction of sp³-hybridized carbons (Fsp3) is 0.917. The van der Waals surface area contributed by atoms with E-state index in [9.17, 15) is 4.79 Å². The summed E-state index contributed by atoms with van der Waals surface area (Å²) in [5, 5.41) is 0. The molecule has 0 aromatic carbocycles. The Morgan fingerprint density at radius 2 is 1.80 bits per heavy atom. The van der Waals surface area contributed by atoms with Crippen LogP contribution in [0.4, 0.5) is 0 Å². The average molecular weight is 213 g/mol. The van der Waals surface area contributed by atoms with Gasteiger partial charge in [0.15, 0.2) is 0 Å². The van der Waals surface area contributed by atoms with Gasteiger partial charge in [-0.25, -0.2) is 0 Å². The lowest BCUT2D eigenvalue weighted by Crippen LogP contribution is -2.51. The molecule has 15 heavy (non-hydrogen) atoms. The van der Waals surface area contributed by atoms with Crippen LogP contribution in [0.3, 0.4) is 0 Å². The van der Waals surface area contributed by atoms with Crippen molar-refractivity contribution < 1.29 is 9.53 Å². The van der Waals surface area contributed by atoms with Gasteiger partial charge in [0, 0.05) is 24.9 Å². The molecule has 1 amide bonds. The monoisotopic (exact) mass is 213 g/mol. The Kier molecular flexibility index (Phi) is 4.58. The Morgan fingerprint density at radius 1 is 1.27 bits per heavy atom. The Morgan fingerprint density at radius 3 is 2.13 bits per heavy atom. The third kappa shape index (κ3) is 2.71. The first-order chi connectivity index (χ1) is 7.26. The van der Waals surface area contributed by atoms with E-state index < -0.39 is 0 Å². The molecule has 2 aliphatic heterocycles. The minimum atomic E-state index is 0.301. The molecule has 2 rings (SSSR count). The quantitative estimate of drug-likeness (QED) is 0.667. The van der Waals surface area contributed by atoms with Crippen molar-refractivity contribution in [3.05, 3.63) is 0 Å². The predicted molar refractivity (Wildman–Crippen MR) is 60.7 cm³/mol. The van der Waals surface area contributed by atoms with E-state index in [1.54, 1.807) is 0 Å². The fourth-order valence-corrected chi connectivity index (χ4v) is 2.13. The van der Waals surface area contributed by atoms with Gasteiger partial charge in [0.25, 0.3) is 0 Å². The Labute approximate surface area is 92.8 Å². The molecule has 0 atom stereocenters. The summed E-state index contributed by atoms with van der Waals surface area (Å²) >= 11 is 0. The molecular weight excluding hydrogens is 190 g/mol. The number of rotatable bonds is 1. The first-order valence-electron chi connectivity index (χ1n) is 6.11. The van der Waals surface area contributed by atoms with Gasteiger partial charge < -0.3 is 9.64 Å². The molecule has 0 radical (unpaired) electrons. The lowest BCUT2D eigenvalue weighted by molar-refractivity contribution is -0.152. The van der Waals surface area contributed by atoms with Gasteiger partial charge in [-0.3, -0.25) is 4.79 Å². The van der Waals surface area contributed by atoms with Crippen molar-refractivity contribution in [2.45, 2.75) is 40.0 Å². The molecule has 3 heteroatoms. The Balaban J connectivity index is 0.000000531. The van der Waals surface area contributed by atoms with Crippen LogP contribution in [0.25, 0.3) is 0 Å². The van der Waals surface area contributed by atoms with E-state index in [4.69, 9.17) is 4.74 Å². The van der Waals surface area contributed by atoms with Crippen molar-refractivity contribution in [2.24, 2.45) is 5.41 Å². The number of carbonyl (C=O) groups is 1. The van der Waals surface area contributed by atoms with E-state index in [2.05, 4.69) is 0 Å². The normalized spacial score (nSPS) is 22.7. The smallest absolute Gasteiger partial charge is 0.222 e. The average Bonchev–Trinajstić information content (AvgIpc) is 2.29. The van der Waals surface area contributed by atoms with Crippen LogP contribution in [-0.2, 0) is 9.53 Å². The van der Waals surface area contributed by atoms with Crippen LogP contribution in [0.2, 0.25) is 0 Å². The van der Waals surface area contributed by atoms with Gasteiger partial charge in [-0.05, 0) is 12.8 Å². The summed E-state index contributed by atoms with van der Waals surface area (Å²) in [6.07, 6.45) is 2.92. The van der Waals surface area contributed by atoms with Gasteiger partial charge in [-0.1, -0.05) is 20.8 Å². The molecule has 2 heterocycles. The van der Waals surface area contributed by atoms with E-state index >= 15 is 0 Å². The molecule has 88 valence electrons. The number of hydrogen-bond acceptors (Lipinski definition) is 2. The number of nitrogens with zero attached hydrogens (tertiary/aromatic N) is 1. The molecule has 0 aromatic heterocycles. The molecular formula is C12H23NO2. The third-order valence-corrected chi connectivity index (χ3v) is 3.30. The molecule has 2 saturated heterocycles. The van der Waals surface area contributed by atoms with Gasteiger partial charge in [0.2, 0.25) is 5.91 Å². The molecule has 0 aromatic rings. The predicted octanol–water partition coefficient (Wildman–Crippen LogP) is 2.06. The van der Waals surface area contributed by atoms with Crippen molar-refractivity contribution in [3.8, 4) is 0 Å². The largest absolute Gasteiger partial charge is 0.380 e. The summed E-state index contributed by atoms with van der Waals surface area (Å²) in [5.74, 6) is 0.301. The SMILES string of the molecule is CC.CCC(=O)N1CCC2(CC1)COC2. The zero-order valence-corrected chi connectivity index (χ0v) is 10.2. The summed E-state index contributed by atoms with van der Waals surface area (Å²) < 4.78 is 5.23. The molecule has 0 aliphatic carbocycles. The van der Waals surface area contributed by atoms with Crippen LogP contribution in [0.5, 0.6) is 0 Å². The van der Waals surface area contributed by atoms with Crippen molar-refractivity contribution in [1.82, 2.24) is 4.90 Å². The Bertz CT molecular complexity index is 202. The molecule has 1 spiro atoms. The van der Waals surface area contributed by atoms with Crippen molar-refractivity contribution in [1.29, 1.82) is 0 Å². The van der Waals surface area contributed by atoms with Gasteiger partial charge in [-0.15, -0.1) is 0 Å². The summed E-state index contributed by atoms with van der Waals surface area (Å²) in [7, 11) is 0. The molecule has 3 nitrogen and oxygen atoms in total. The highest BCUT2D eigenvalue weighted by molar-refractivity contribution is 5.75. The maximum absolute atomic E-state index is 11.4. The molecule has 2 aliphatic rings. The van der Waals surface area contributed by atoms with Crippen LogP contribution in [0.1, 0.15) is 40.0 Å². The summed E-state index contributed by atoms with van der Waals surface area (Å²) in [6.45, 7) is 9.65. The third-order valence-electron chi connectivity index (χ3n) is 3.30. The molecule has 2 fully saturated rings. The number of piperidine rings is 1. The van der Waals surface area contributed by atoms with Gasteiger partial charge >= 0.3 is 0 Å². The van der Waals surface area contributed by atoms with Crippen molar-refractivity contribution in [2.75, 3.05) is 26.3 Å². The minimum absolute atomic E-state index is 0.301. The number of likely N-dealkylation sites (tertiary alicyclic amines) is 1. The van der Waals surface area contributed by atoms with Crippen LogP contribution in [-0.4, -0.2) is 37.1 Å². The maximum Gasteiger partial charge on any atom is 0.222 e. The molecule has 0 bridgehead atoms. The first kappa shape index (κ1) is 12.5. The lowest BCUT2D eigenvalue weighted by Gasteiger charge is -2.47. The zero-order valence-electron chi connectivity index (χ0n) is 10.2. The standard InChI is InChI=1S/C10H17NO2.C2H6/c1-2-9(12)11-5-3-10(4-6-11)7-13-8-10;1-2/h2-8H2,1H3;1-2H3. The summed E-state index contributed by atoms with van der Waals surface area (Å²) in [4.78, 5) is 13.4. The highest BCUT2D eigenvalue weighted by atomic mass is 16.5. The second-order valence-corrected chi connectivity index (χ2v) is 4.23. The van der Waals surface area contributed by atoms with Crippen LogP contribution in [0.15, 0.2) is 0 Å². The highest BCUT2D eigenvalue weighted by Crippen LogP contribution is 2.38.